The molecule has 0 spiro atoms. The highest BCUT2D eigenvalue weighted by Crippen LogP contribution is 2.30. The lowest BCUT2D eigenvalue weighted by atomic mass is 10.1. The van der Waals surface area contributed by atoms with Crippen LogP contribution in [0.5, 0.6) is 0 Å². The molecular formula is C22H30N4O2. The monoisotopic (exact) mass is 382 g/mol. The van der Waals surface area contributed by atoms with Crippen LogP contribution >= 0.6 is 0 Å². The summed E-state index contributed by atoms with van der Waals surface area (Å²) in [6.45, 7) is 6.65. The molecule has 2 aromatic rings. The smallest absolute Gasteiger partial charge is 0.224 e. The first kappa shape index (κ1) is 20.1. The lowest BCUT2D eigenvalue weighted by molar-refractivity contribution is -0.134. The molecule has 6 heteroatoms. The number of nitrogens with zero attached hydrogens (tertiary/aromatic N) is 3. The SMILES string of the molecule is CCc1ccccc1NC(=O)CCC(=O)N(Cc1c(C)nn(C)c1C)C1CC1. The van der Waals surface area contributed by atoms with Gasteiger partial charge in [0.25, 0.3) is 0 Å². The molecule has 1 saturated carbocycles. The highest BCUT2D eigenvalue weighted by Gasteiger charge is 2.33. The zero-order chi connectivity index (χ0) is 20.3. The number of para-hydroxylation sites is 1. The highest BCUT2D eigenvalue weighted by molar-refractivity contribution is 5.93. The number of carbonyl (C=O) groups excluding carboxylic acids is 2. The standard InChI is InChI=1S/C22H30N4O2/c1-5-17-8-6-7-9-20(17)23-21(27)12-13-22(28)26(18-10-11-18)14-19-15(2)24-25(4)16(19)3/h6-9,18H,5,10-14H2,1-4H3,(H,23,27). The van der Waals surface area contributed by atoms with Crippen molar-refractivity contribution in [2.24, 2.45) is 7.05 Å². The van der Waals surface area contributed by atoms with Gasteiger partial charge in [-0.25, -0.2) is 0 Å². The van der Waals surface area contributed by atoms with Crippen LogP contribution in [0.1, 0.15) is 55.1 Å². The van der Waals surface area contributed by atoms with Gasteiger partial charge in [-0.1, -0.05) is 25.1 Å². The van der Waals surface area contributed by atoms with Crippen LogP contribution < -0.4 is 5.32 Å². The van der Waals surface area contributed by atoms with E-state index >= 15 is 0 Å². The molecule has 0 aliphatic heterocycles. The third-order valence-corrected chi connectivity index (χ3v) is 5.53. The zero-order valence-corrected chi connectivity index (χ0v) is 17.3. The van der Waals surface area contributed by atoms with Crippen molar-refractivity contribution in [3.8, 4) is 0 Å². The van der Waals surface area contributed by atoms with Gasteiger partial charge in [0.05, 0.1) is 5.69 Å². The van der Waals surface area contributed by atoms with E-state index in [9.17, 15) is 9.59 Å². The molecule has 2 amide bonds. The minimum Gasteiger partial charge on any atom is -0.335 e. The maximum atomic E-state index is 12.9. The molecule has 1 aromatic heterocycles. The van der Waals surface area contributed by atoms with Crippen LogP contribution in [0, 0.1) is 13.8 Å². The summed E-state index contributed by atoms with van der Waals surface area (Å²) in [5.74, 6) is -0.0668. The summed E-state index contributed by atoms with van der Waals surface area (Å²) in [6.07, 6.45) is 3.37. The van der Waals surface area contributed by atoms with E-state index in [1.807, 2.05) is 54.7 Å². The van der Waals surface area contributed by atoms with E-state index in [4.69, 9.17) is 0 Å². The van der Waals surface area contributed by atoms with Crippen molar-refractivity contribution < 1.29 is 9.59 Å². The van der Waals surface area contributed by atoms with Crippen molar-refractivity contribution in [2.45, 2.75) is 65.5 Å². The molecule has 0 radical (unpaired) electrons. The van der Waals surface area contributed by atoms with Gasteiger partial charge in [-0.05, 0) is 44.7 Å². The molecular weight excluding hydrogens is 352 g/mol. The number of hydrogen-bond acceptors (Lipinski definition) is 3. The van der Waals surface area contributed by atoms with E-state index in [0.29, 0.717) is 12.6 Å². The van der Waals surface area contributed by atoms with Crippen molar-refractivity contribution >= 4 is 17.5 Å². The summed E-state index contributed by atoms with van der Waals surface area (Å²) in [4.78, 5) is 27.2. The van der Waals surface area contributed by atoms with E-state index in [1.165, 1.54) is 0 Å². The molecule has 0 bridgehead atoms. The van der Waals surface area contributed by atoms with Gasteiger partial charge >= 0.3 is 0 Å². The fourth-order valence-electron chi connectivity index (χ4n) is 3.55. The Labute approximate surface area is 166 Å². The van der Waals surface area contributed by atoms with Crippen LogP contribution in [-0.2, 0) is 29.6 Å². The van der Waals surface area contributed by atoms with Crippen molar-refractivity contribution in [1.82, 2.24) is 14.7 Å². The number of amides is 2. The molecule has 0 atom stereocenters. The average molecular weight is 383 g/mol. The minimum absolute atomic E-state index is 0.0454. The third-order valence-electron chi connectivity index (χ3n) is 5.53. The molecule has 1 aliphatic carbocycles. The van der Waals surface area contributed by atoms with Gasteiger partial charge in [0.15, 0.2) is 0 Å². The second-order valence-corrected chi connectivity index (χ2v) is 7.58. The lowest BCUT2D eigenvalue weighted by Crippen LogP contribution is -2.33. The van der Waals surface area contributed by atoms with Crippen LogP contribution in [0.15, 0.2) is 24.3 Å². The number of aromatic nitrogens is 2. The molecule has 150 valence electrons. The molecule has 0 saturated heterocycles. The van der Waals surface area contributed by atoms with Crippen LogP contribution in [0.4, 0.5) is 5.69 Å². The second kappa shape index (κ2) is 8.59. The number of anilines is 1. The summed E-state index contributed by atoms with van der Waals surface area (Å²) in [6, 6.07) is 8.09. The van der Waals surface area contributed by atoms with Gasteiger partial charge in [-0.2, -0.15) is 5.10 Å². The molecule has 3 rings (SSSR count). The van der Waals surface area contributed by atoms with Crippen molar-refractivity contribution in [3.63, 3.8) is 0 Å². The highest BCUT2D eigenvalue weighted by atomic mass is 16.2. The number of nitrogens with one attached hydrogen (secondary N) is 1. The molecule has 1 aliphatic rings. The predicted molar refractivity (Wildman–Crippen MR) is 110 cm³/mol. The Bertz CT molecular complexity index is 867. The summed E-state index contributed by atoms with van der Waals surface area (Å²) in [5, 5.41) is 7.40. The number of benzene rings is 1. The normalized spacial score (nSPS) is 13.4. The minimum atomic E-state index is -0.112. The molecule has 6 nitrogen and oxygen atoms in total. The maximum absolute atomic E-state index is 12.9. The Morgan fingerprint density at radius 3 is 2.54 bits per heavy atom. The van der Waals surface area contributed by atoms with Gasteiger partial charge in [0, 0.05) is 49.4 Å². The number of hydrogen-bond donors (Lipinski definition) is 1. The summed E-state index contributed by atoms with van der Waals surface area (Å²) < 4.78 is 1.86. The Morgan fingerprint density at radius 1 is 1.21 bits per heavy atom. The van der Waals surface area contributed by atoms with Crippen LogP contribution in [0.3, 0.4) is 0 Å². The van der Waals surface area contributed by atoms with E-state index in [-0.39, 0.29) is 24.7 Å². The Kier molecular flexibility index (Phi) is 6.17. The summed E-state index contributed by atoms with van der Waals surface area (Å²) in [5.41, 5.74) is 5.11. The van der Waals surface area contributed by atoms with Crippen LogP contribution in [0.25, 0.3) is 0 Å². The third kappa shape index (κ3) is 4.61. The first-order valence-corrected chi connectivity index (χ1v) is 10.1. The topological polar surface area (TPSA) is 67.2 Å². The molecule has 1 aromatic carbocycles. The lowest BCUT2D eigenvalue weighted by Gasteiger charge is -2.23. The van der Waals surface area contributed by atoms with Crippen molar-refractivity contribution in [1.29, 1.82) is 0 Å². The van der Waals surface area contributed by atoms with Gasteiger partial charge in [-0.3, -0.25) is 14.3 Å². The summed E-state index contributed by atoms with van der Waals surface area (Å²) in [7, 11) is 1.92. The van der Waals surface area contributed by atoms with E-state index in [1.54, 1.807) is 0 Å². The first-order valence-electron chi connectivity index (χ1n) is 10.1. The van der Waals surface area contributed by atoms with Gasteiger partial charge in [0.2, 0.25) is 11.8 Å². The van der Waals surface area contributed by atoms with Gasteiger partial charge < -0.3 is 10.2 Å². The molecule has 1 heterocycles. The van der Waals surface area contributed by atoms with Crippen molar-refractivity contribution in [3.05, 3.63) is 46.8 Å². The number of carbonyl (C=O) groups is 2. The first-order chi connectivity index (χ1) is 13.4. The van der Waals surface area contributed by atoms with Gasteiger partial charge in [-0.15, -0.1) is 0 Å². The quantitative estimate of drug-likeness (QED) is 0.760. The van der Waals surface area contributed by atoms with Crippen molar-refractivity contribution in [2.75, 3.05) is 5.32 Å². The molecule has 28 heavy (non-hydrogen) atoms. The van der Waals surface area contributed by atoms with E-state index in [0.717, 1.165) is 47.5 Å². The van der Waals surface area contributed by atoms with Crippen LogP contribution in [0.2, 0.25) is 0 Å². The largest absolute Gasteiger partial charge is 0.335 e. The van der Waals surface area contributed by atoms with E-state index < -0.39 is 0 Å². The number of aryl methyl sites for hydroxylation is 3. The van der Waals surface area contributed by atoms with E-state index in [2.05, 4.69) is 17.3 Å². The summed E-state index contributed by atoms with van der Waals surface area (Å²) >= 11 is 0. The number of rotatable bonds is 8. The zero-order valence-electron chi connectivity index (χ0n) is 17.3. The Balaban J connectivity index is 1.59. The Hall–Kier alpha value is -2.63. The fourth-order valence-corrected chi connectivity index (χ4v) is 3.55. The molecule has 0 unspecified atom stereocenters. The Morgan fingerprint density at radius 2 is 1.93 bits per heavy atom. The maximum Gasteiger partial charge on any atom is 0.224 e. The molecule has 1 fully saturated rings. The second-order valence-electron chi connectivity index (χ2n) is 7.58. The predicted octanol–water partition coefficient (Wildman–Crippen LogP) is 3.51. The molecule has 1 N–H and O–H groups in total. The average Bonchev–Trinajstić information content (AvgIpc) is 3.48. The fraction of sp³-hybridized carbons (Fsp3) is 0.500. The van der Waals surface area contributed by atoms with Gasteiger partial charge in [0.1, 0.15) is 0 Å². The van der Waals surface area contributed by atoms with Crippen LogP contribution in [-0.4, -0.2) is 32.5 Å².